The van der Waals surface area contributed by atoms with Gasteiger partial charge in [-0.2, -0.15) is 0 Å². The van der Waals surface area contributed by atoms with Crippen LogP contribution < -0.4 is 0 Å². The fraction of sp³-hybridized carbons (Fsp3) is 0.846. The summed E-state index contributed by atoms with van der Waals surface area (Å²) < 4.78 is 0. The lowest BCUT2D eigenvalue weighted by atomic mass is 9.91. The van der Waals surface area contributed by atoms with Gasteiger partial charge in [-0.25, -0.2) is 0 Å². The molecule has 2 heteroatoms. The summed E-state index contributed by atoms with van der Waals surface area (Å²) in [5.41, 5.74) is 0. The van der Waals surface area contributed by atoms with E-state index in [1.807, 2.05) is 20.8 Å². The molecule has 15 heavy (non-hydrogen) atoms. The topological polar surface area (TPSA) is 34.1 Å². The smallest absolute Gasteiger partial charge is 0.143 e. The van der Waals surface area contributed by atoms with Crippen molar-refractivity contribution in [3.05, 3.63) is 0 Å². The molecule has 88 valence electrons. The van der Waals surface area contributed by atoms with Crippen molar-refractivity contribution in [1.29, 1.82) is 0 Å². The third-order valence-corrected chi connectivity index (χ3v) is 2.38. The molecule has 0 radical (unpaired) electrons. The number of carbonyl (C=O) groups excluding carboxylic acids is 2. The average molecular weight is 212 g/mol. The Morgan fingerprint density at radius 2 is 1.47 bits per heavy atom. The van der Waals surface area contributed by atoms with Crippen LogP contribution in [0.1, 0.15) is 53.9 Å². The molecule has 0 rings (SSSR count). The zero-order valence-electron chi connectivity index (χ0n) is 10.7. The van der Waals surface area contributed by atoms with E-state index in [0.717, 1.165) is 6.42 Å². The summed E-state index contributed by atoms with van der Waals surface area (Å²) in [7, 11) is 0. The number of ketones is 2. The average Bonchev–Trinajstić information content (AvgIpc) is 2.00. The highest BCUT2D eigenvalue weighted by atomic mass is 16.1. The molecule has 0 aromatic carbocycles. The molecule has 0 fully saturated rings. The Kier molecular flexibility index (Phi) is 6.46. The van der Waals surface area contributed by atoms with Gasteiger partial charge in [-0.3, -0.25) is 9.59 Å². The molecule has 0 spiro atoms. The minimum absolute atomic E-state index is 0.0288. The van der Waals surface area contributed by atoms with Gasteiger partial charge in [0.15, 0.2) is 0 Å². The molecule has 0 aliphatic carbocycles. The van der Waals surface area contributed by atoms with Crippen molar-refractivity contribution in [2.45, 2.75) is 53.9 Å². The van der Waals surface area contributed by atoms with Gasteiger partial charge >= 0.3 is 0 Å². The largest absolute Gasteiger partial charge is 0.299 e. The molecule has 0 N–H and O–H groups in total. The van der Waals surface area contributed by atoms with Gasteiger partial charge in [0.05, 0.1) is 6.42 Å². The van der Waals surface area contributed by atoms with Crippen LogP contribution in [0.3, 0.4) is 0 Å². The van der Waals surface area contributed by atoms with Crippen molar-refractivity contribution in [2.75, 3.05) is 0 Å². The van der Waals surface area contributed by atoms with Gasteiger partial charge in [-0.15, -0.1) is 0 Å². The number of hydrogen-bond donors (Lipinski definition) is 0. The molecule has 0 saturated heterocycles. The van der Waals surface area contributed by atoms with Crippen LogP contribution in [0.25, 0.3) is 0 Å². The highest BCUT2D eigenvalue weighted by Crippen LogP contribution is 2.14. The minimum Gasteiger partial charge on any atom is -0.299 e. The Morgan fingerprint density at radius 3 is 1.87 bits per heavy atom. The maximum Gasteiger partial charge on any atom is 0.143 e. The molecule has 0 aliphatic rings. The molecule has 1 atom stereocenters. The Morgan fingerprint density at radius 1 is 0.933 bits per heavy atom. The fourth-order valence-electron chi connectivity index (χ4n) is 1.73. The van der Waals surface area contributed by atoms with Crippen molar-refractivity contribution in [3.8, 4) is 0 Å². The maximum absolute atomic E-state index is 11.6. The maximum atomic E-state index is 11.6. The highest BCUT2D eigenvalue weighted by Gasteiger charge is 2.18. The Hall–Kier alpha value is -0.660. The predicted molar refractivity (Wildman–Crippen MR) is 62.7 cm³/mol. The van der Waals surface area contributed by atoms with Crippen LogP contribution in [-0.2, 0) is 9.59 Å². The van der Waals surface area contributed by atoms with Gasteiger partial charge in [-0.05, 0) is 18.3 Å². The first-order valence-electron chi connectivity index (χ1n) is 5.87. The quantitative estimate of drug-likeness (QED) is 0.607. The molecule has 0 amide bonds. The molecule has 1 unspecified atom stereocenters. The molecule has 0 heterocycles. The van der Waals surface area contributed by atoms with Gasteiger partial charge in [0.2, 0.25) is 0 Å². The van der Waals surface area contributed by atoms with E-state index in [0.29, 0.717) is 18.3 Å². The predicted octanol–water partition coefficient (Wildman–Crippen LogP) is 3.24. The summed E-state index contributed by atoms with van der Waals surface area (Å²) in [6.07, 6.45) is 1.54. The molecule has 0 bridgehead atoms. The zero-order chi connectivity index (χ0) is 12.0. The lowest BCUT2D eigenvalue weighted by Gasteiger charge is -2.12. The van der Waals surface area contributed by atoms with E-state index in [4.69, 9.17) is 0 Å². The SMILES string of the molecule is CC(C)CC(=O)CC(=O)C(C)CC(C)C. The van der Waals surface area contributed by atoms with Gasteiger partial charge in [-0.1, -0.05) is 34.6 Å². The van der Waals surface area contributed by atoms with Crippen LogP contribution in [0.2, 0.25) is 0 Å². The van der Waals surface area contributed by atoms with Gasteiger partial charge in [0, 0.05) is 12.3 Å². The molecule has 0 aromatic rings. The summed E-state index contributed by atoms with van der Waals surface area (Å²) in [6, 6.07) is 0. The van der Waals surface area contributed by atoms with Crippen molar-refractivity contribution < 1.29 is 9.59 Å². The van der Waals surface area contributed by atoms with Crippen LogP contribution in [0, 0.1) is 17.8 Å². The van der Waals surface area contributed by atoms with Crippen molar-refractivity contribution in [3.63, 3.8) is 0 Å². The normalized spacial score (nSPS) is 13.3. The summed E-state index contributed by atoms with van der Waals surface area (Å²) in [5, 5.41) is 0. The molecular weight excluding hydrogens is 188 g/mol. The van der Waals surface area contributed by atoms with Crippen molar-refractivity contribution in [2.24, 2.45) is 17.8 Å². The van der Waals surface area contributed by atoms with Crippen LogP contribution in [0.15, 0.2) is 0 Å². The molecule has 0 aromatic heterocycles. The monoisotopic (exact) mass is 212 g/mol. The Balaban J connectivity index is 3.96. The van der Waals surface area contributed by atoms with E-state index < -0.39 is 0 Å². The highest BCUT2D eigenvalue weighted by molar-refractivity contribution is 5.99. The van der Waals surface area contributed by atoms with E-state index >= 15 is 0 Å². The second-order valence-electron chi connectivity index (χ2n) is 5.31. The summed E-state index contributed by atoms with van der Waals surface area (Å²) in [4.78, 5) is 23.1. The minimum atomic E-state index is 0.0288. The first kappa shape index (κ1) is 14.3. The van der Waals surface area contributed by atoms with E-state index in [9.17, 15) is 9.59 Å². The van der Waals surface area contributed by atoms with Crippen LogP contribution >= 0.6 is 0 Å². The molecule has 0 saturated carbocycles. The second kappa shape index (κ2) is 6.76. The standard InChI is InChI=1S/C13H24O2/c1-9(2)6-11(5)13(15)8-12(14)7-10(3)4/h9-11H,6-8H2,1-5H3. The second-order valence-corrected chi connectivity index (χ2v) is 5.31. The van der Waals surface area contributed by atoms with E-state index in [2.05, 4.69) is 13.8 Å². The summed E-state index contributed by atoms with van der Waals surface area (Å²) in [6.45, 7) is 10.1. The van der Waals surface area contributed by atoms with Crippen LogP contribution in [0.5, 0.6) is 0 Å². The first-order chi connectivity index (χ1) is 6.82. The molecular formula is C13H24O2. The van der Waals surface area contributed by atoms with E-state index in [1.54, 1.807) is 0 Å². The zero-order valence-corrected chi connectivity index (χ0v) is 10.7. The third kappa shape index (κ3) is 7.29. The first-order valence-corrected chi connectivity index (χ1v) is 5.87. The Labute approximate surface area is 93.4 Å². The fourth-order valence-corrected chi connectivity index (χ4v) is 1.73. The lowest BCUT2D eigenvalue weighted by Crippen LogP contribution is -2.18. The number of hydrogen-bond acceptors (Lipinski definition) is 2. The van der Waals surface area contributed by atoms with Crippen LogP contribution in [-0.4, -0.2) is 11.6 Å². The van der Waals surface area contributed by atoms with Crippen molar-refractivity contribution in [1.82, 2.24) is 0 Å². The summed E-state index contributed by atoms with van der Waals surface area (Å²) in [5.74, 6) is 1.09. The Bertz CT molecular complexity index is 217. The number of rotatable bonds is 7. The van der Waals surface area contributed by atoms with Gasteiger partial charge in [0.25, 0.3) is 0 Å². The van der Waals surface area contributed by atoms with E-state index in [1.165, 1.54) is 0 Å². The van der Waals surface area contributed by atoms with Gasteiger partial charge < -0.3 is 0 Å². The lowest BCUT2D eigenvalue weighted by molar-refractivity contribution is -0.129. The molecule has 2 nitrogen and oxygen atoms in total. The third-order valence-electron chi connectivity index (χ3n) is 2.38. The van der Waals surface area contributed by atoms with Crippen molar-refractivity contribution >= 4 is 11.6 Å². The molecule has 0 aliphatic heterocycles. The van der Waals surface area contributed by atoms with Crippen LogP contribution in [0.4, 0.5) is 0 Å². The summed E-state index contributed by atoms with van der Waals surface area (Å²) >= 11 is 0. The van der Waals surface area contributed by atoms with E-state index in [-0.39, 0.29) is 23.9 Å². The number of Topliss-reactive ketones (excluding diaryl/α,β-unsaturated/α-hetero) is 2. The van der Waals surface area contributed by atoms with Gasteiger partial charge in [0.1, 0.15) is 11.6 Å². The number of carbonyl (C=O) groups is 2.